The highest BCUT2D eigenvalue weighted by Crippen LogP contribution is 2.26. The monoisotopic (exact) mass is 227 g/mol. The predicted octanol–water partition coefficient (Wildman–Crippen LogP) is 3.22. The first-order valence-electron chi connectivity index (χ1n) is 7.01. The zero-order valence-electron chi connectivity index (χ0n) is 11.3. The first-order valence-corrected chi connectivity index (χ1v) is 7.01. The molecule has 0 aromatic heterocycles. The van der Waals surface area contributed by atoms with E-state index in [1.807, 2.05) is 0 Å². The van der Waals surface area contributed by atoms with Gasteiger partial charge in [-0.25, -0.2) is 0 Å². The summed E-state index contributed by atoms with van der Waals surface area (Å²) in [6.07, 6.45) is 7.14. The van der Waals surface area contributed by atoms with Crippen molar-refractivity contribution >= 4 is 0 Å². The van der Waals surface area contributed by atoms with Gasteiger partial charge in [0.25, 0.3) is 0 Å². The summed E-state index contributed by atoms with van der Waals surface area (Å²) in [5.41, 5.74) is 0. The van der Waals surface area contributed by atoms with Gasteiger partial charge in [0, 0.05) is 19.2 Å². The number of ether oxygens (including phenoxy) is 1. The molecule has 0 heterocycles. The van der Waals surface area contributed by atoms with E-state index in [9.17, 15) is 0 Å². The number of hydrogen-bond acceptors (Lipinski definition) is 2. The standard InChI is InChI=1S/C14H29NO/c1-12(2)11-16-10-9-15-13(3)14-7-5-4-6-8-14/h12-15H,4-11H2,1-3H3/t13-/m1/s1. The summed E-state index contributed by atoms with van der Waals surface area (Å²) in [4.78, 5) is 0. The summed E-state index contributed by atoms with van der Waals surface area (Å²) in [5, 5.41) is 3.60. The van der Waals surface area contributed by atoms with E-state index in [0.29, 0.717) is 12.0 Å². The Balaban J connectivity index is 1.98. The summed E-state index contributed by atoms with van der Waals surface area (Å²) in [6.45, 7) is 9.47. The molecule has 0 saturated heterocycles. The van der Waals surface area contributed by atoms with Crippen LogP contribution in [0.1, 0.15) is 52.9 Å². The van der Waals surface area contributed by atoms with E-state index in [1.54, 1.807) is 0 Å². The third kappa shape index (κ3) is 5.86. The third-order valence-corrected chi connectivity index (χ3v) is 3.52. The number of hydrogen-bond donors (Lipinski definition) is 1. The number of rotatable bonds is 7. The van der Waals surface area contributed by atoms with Gasteiger partial charge in [0.05, 0.1) is 6.61 Å². The molecular formula is C14H29NO. The lowest BCUT2D eigenvalue weighted by atomic mass is 9.84. The summed E-state index contributed by atoms with van der Waals surface area (Å²) < 4.78 is 5.57. The molecule has 0 aromatic rings. The molecule has 1 aliphatic carbocycles. The van der Waals surface area contributed by atoms with Crippen LogP contribution in [-0.2, 0) is 4.74 Å². The van der Waals surface area contributed by atoms with Gasteiger partial charge in [0.1, 0.15) is 0 Å². The van der Waals surface area contributed by atoms with Gasteiger partial charge in [-0.05, 0) is 31.6 Å². The molecule has 1 atom stereocenters. The topological polar surface area (TPSA) is 21.3 Å². The molecule has 1 N–H and O–H groups in total. The lowest BCUT2D eigenvalue weighted by Gasteiger charge is -2.28. The van der Waals surface area contributed by atoms with E-state index in [2.05, 4.69) is 26.1 Å². The second kappa shape index (κ2) is 8.08. The van der Waals surface area contributed by atoms with E-state index < -0.39 is 0 Å². The zero-order chi connectivity index (χ0) is 11.8. The van der Waals surface area contributed by atoms with Gasteiger partial charge in [0.2, 0.25) is 0 Å². The third-order valence-electron chi connectivity index (χ3n) is 3.52. The summed E-state index contributed by atoms with van der Waals surface area (Å²) in [5.74, 6) is 1.55. The summed E-state index contributed by atoms with van der Waals surface area (Å²) in [7, 11) is 0. The highest BCUT2D eigenvalue weighted by Gasteiger charge is 2.18. The highest BCUT2D eigenvalue weighted by atomic mass is 16.5. The van der Waals surface area contributed by atoms with Crippen molar-refractivity contribution in [2.45, 2.75) is 58.9 Å². The Hall–Kier alpha value is -0.0800. The fourth-order valence-corrected chi connectivity index (χ4v) is 2.48. The van der Waals surface area contributed by atoms with Crippen molar-refractivity contribution in [3.05, 3.63) is 0 Å². The Bertz CT molecular complexity index is 164. The lowest BCUT2D eigenvalue weighted by Crippen LogP contribution is -2.36. The Morgan fingerprint density at radius 2 is 1.81 bits per heavy atom. The van der Waals surface area contributed by atoms with Crippen molar-refractivity contribution in [2.24, 2.45) is 11.8 Å². The molecule has 1 aliphatic rings. The van der Waals surface area contributed by atoms with Crippen LogP contribution in [0.5, 0.6) is 0 Å². The molecule has 0 radical (unpaired) electrons. The van der Waals surface area contributed by atoms with Crippen LogP contribution in [0.25, 0.3) is 0 Å². The SMILES string of the molecule is CC(C)COCCN[C@H](C)C1CCCCC1. The Morgan fingerprint density at radius 1 is 1.12 bits per heavy atom. The minimum Gasteiger partial charge on any atom is -0.380 e. The van der Waals surface area contributed by atoms with E-state index in [0.717, 1.165) is 25.7 Å². The maximum atomic E-state index is 5.57. The average molecular weight is 227 g/mol. The molecule has 0 amide bonds. The van der Waals surface area contributed by atoms with Crippen LogP contribution in [0.15, 0.2) is 0 Å². The van der Waals surface area contributed by atoms with E-state index in [-0.39, 0.29) is 0 Å². The maximum Gasteiger partial charge on any atom is 0.0591 e. The second-order valence-electron chi connectivity index (χ2n) is 5.61. The van der Waals surface area contributed by atoms with Gasteiger partial charge < -0.3 is 10.1 Å². The van der Waals surface area contributed by atoms with Crippen LogP contribution in [0, 0.1) is 11.8 Å². The van der Waals surface area contributed by atoms with Gasteiger partial charge in [0.15, 0.2) is 0 Å². The number of nitrogens with one attached hydrogen (secondary N) is 1. The fourth-order valence-electron chi connectivity index (χ4n) is 2.48. The molecule has 0 unspecified atom stereocenters. The van der Waals surface area contributed by atoms with Gasteiger partial charge in [-0.1, -0.05) is 33.1 Å². The van der Waals surface area contributed by atoms with Crippen LogP contribution >= 0.6 is 0 Å². The van der Waals surface area contributed by atoms with Crippen molar-refractivity contribution in [1.82, 2.24) is 5.32 Å². The first-order chi connectivity index (χ1) is 7.70. The fraction of sp³-hybridized carbons (Fsp3) is 1.00. The molecule has 1 rings (SSSR count). The van der Waals surface area contributed by atoms with Crippen LogP contribution in [0.3, 0.4) is 0 Å². The molecule has 2 nitrogen and oxygen atoms in total. The molecule has 0 spiro atoms. The molecule has 0 bridgehead atoms. The minimum absolute atomic E-state index is 0.649. The minimum atomic E-state index is 0.649. The normalized spacial score (nSPS) is 20.2. The van der Waals surface area contributed by atoms with Gasteiger partial charge >= 0.3 is 0 Å². The molecule has 96 valence electrons. The van der Waals surface area contributed by atoms with Crippen molar-refractivity contribution in [3.63, 3.8) is 0 Å². The van der Waals surface area contributed by atoms with E-state index in [4.69, 9.17) is 4.74 Å². The van der Waals surface area contributed by atoms with Crippen molar-refractivity contribution in [3.8, 4) is 0 Å². The molecule has 1 fully saturated rings. The Morgan fingerprint density at radius 3 is 2.44 bits per heavy atom. The van der Waals surface area contributed by atoms with Gasteiger partial charge in [-0.2, -0.15) is 0 Å². The van der Waals surface area contributed by atoms with Crippen molar-refractivity contribution in [2.75, 3.05) is 19.8 Å². The van der Waals surface area contributed by atoms with Gasteiger partial charge in [-0.15, -0.1) is 0 Å². The van der Waals surface area contributed by atoms with Crippen LogP contribution < -0.4 is 5.32 Å². The molecule has 16 heavy (non-hydrogen) atoms. The molecule has 1 saturated carbocycles. The van der Waals surface area contributed by atoms with Crippen LogP contribution in [-0.4, -0.2) is 25.8 Å². The second-order valence-corrected chi connectivity index (χ2v) is 5.61. The zero-order valence-corrected chi connectivity index (χ0v) is 11.3. The maximum absolute atomic E-state index is 5.57. The molecule has 2 heteroatoms. The largest absolute Gasteiger partial charge is 0.380 e. The lowest BCUT2D eigenvalue weighted by molar-refractivity contribution is 0.108. The molecular weight excluding hydrogens is 198 g/mol. The molecule has 0 aromatic carbocycles. The smallest absolute Gasteiger partial charge is 0.0591 e. The van der Waals surface area contributed by atoms with Crippen molar-refractivity contribution < 1.29 is 4.74 Å². The average Bonchev–Trinajstić information content (AvgIpc) is 2.29. The summed E-state index contributed by atoms with van der Waals surface area (Å²) in [6, 6.07) is 0.669. The quantitative estimate of drug-likeness (QED) is 0.674. The predicted molar refractivity (Wildman–Crippen MR) is 69.7 cm³/mol. The van der Waals surface area contributed by atoms with E-state index in [1.165, 1.54) is 32.1 Å². The van der Waals surface area contributed by atoms with Gasteiger partial charge in [-0.3, -0.25) is 0 Å². The van der Waals surface area contributed by atoms with E-state index >= 15 is 0 Å². The van der Waals surface area contributed by atoms with Crippen LogP contribution in [0.2, 0.25) is 0 Å². The first kappa shape index (κ1) is 14.0. The summed E-state index contributed by atoms with van der Waals surface area (Å²) >= 11 is 0. The van der Waals surface area contributed by atoms with Crippen LogP contribution in [0.4, 0.5) is 0 Å². The highest BCUT2D eigenvalue weighted by molar-refractivity contribution is 4.75. The molecule has 0 aliphatic heterocycles. The Labute approximate surface area is 101 Å². The van der Waals surface area contributed by atoms with Crippen molar-refractivity contribution in [1.29, 1.82) is 0 Å². The Kier molecular flexibility index (Phi) is 7.06.